The quantitative estimate of drug-likeness (QED) is 0.747. The van der Waals surface area contributed by atoms with Crippen molar-refractivity contribution in [2.75, 3.05) is 11.4 Å². The van der Waals surface area contributed by atoms with E-state index in [-0.39, 0.29) is 11.8 Å². The van der Waals surface area contributed by atoms with Gasteiger partial charge in [0.05, 0.1) is 6.20 Å². The lowest BCUT2D eigenvalue weighted by molar-refractivity contribution is -0.117. The SMILES string of the molecule is C=CC1CC(=O)N(c2ccnn2CC(C)C)C1. The van der Waals surface area contributed by atoms with E-state index in [9.17, 15) is 4.79 Å². The number of rotatable bonds is 4. The molecule has 1 aromatic heterocycles. The van der Waals surface area contributed by atoms with Gasteiger partial charge in [0.2, 0.25) is 5.91 Å². The molecule has 0 radical (unpaired) electrons. The first-order valence-electron chi connectivity index (χ1n) is 6.06. The predicted molar refractivity (Wildman–Crippen MR) is 67.7 cm³/mol. The highest BCUT2D eigenvalue weighted by Gasteiger charge is 2.30. The summed E-state index contributed by atoms with van der Waals surface area (Å²) in [5.74, 6) is 1.86. The van der Waals surface area contributed by atoms with Crippen LogP contribution < -0.4 is 4.90 Å². The molecule has 1 unspecified atom stereocenters. The first-order chi connectivity index (χ1) is 8.11. The minimum atomic E-state index is 0.167. The third-order valence-electron chi connectivity index (χ3n) is 3.00. The van der Waals surface area contributed by atoms with Crippen molar-refractivity contribution >= 4 is 11.7 Å². The van der Waals surface area contributed by atoms with Crippen molar-refractivity contribution < 1.29 is 4.79 Å². The lowest BCUT2D eigenvalue weighted by Gasteiger charge is -2.18. The minimum absolute atomic E-state index is 0.167. The summed E-state index contributed by atoms with van der Waals surface area (Å²) >= 11 is 0. The van der Waals surface area contributed by atoms with Gasteiger partial charge < -0.3 is 0 Å². The number of carbonyl (C=O) groups is 1. The Kier molecular flexibility index (Phi) is 3.31. The lowest BCUT2D eigenvalue weighted by Crippen LogP contribution is -2.27. The monoisotopic (exact) mass is 233 g/mol. The second-order valence-electron chi connectivity index (χ2n) is 4.97. The highest BCUT2D eigenvalue weighted by Crippen LogP contribution is 2.25. The van der Waals surface area contributed by atoms with E-state index < -0.39 is 0 Å². The number of nitrogens with zero attached hydrogens (tertiary/aromatic N) is 3. The van der Waals surface area contributed by atoms with E-state index in [0.29, 0.717) is 12.3 Å². The molecule has 4 nitrogen and oxygen atoms in total. The topological polar surface area (TPSA) is 38.1 Å². The zero-order chi connectivity index (χ0) is 12.4. The molecule has 2 rings (SSSR count). The Morgan fingerprint density at radius 2 is 2.41 bits per heavy atom. The average Bonchev–Trinajstić information content (AvgIpc) is 2.83. The Balaban J connectivity index is 2.20. The van der Waals surface area contributed by atoms with Gasteiger partial charge in [-0.15, -0.1) is 6.58 Å². The molecule has 4 heteroatoms. The van der Waals surface area contributed by atoms with Crippen LogP contribution >= 0.6 is 0 Å². The molecule has 17 heavy (non-hydrogen) atoms. The van der Waals surface area contributed by atoms with Crippen LogP contribution in [0.3, 0.4) is 0 Å². The van der Waals surface area contributed by atoms with Crippen LogP contribution in [0.2, 0.25) is 0 Å². The summed E-state index contributed by atoms with van der Waals surface area (Å²) in [5.41, 5.74) is 0. The van der Waals surface area contributed by atoms with Gasteiger partial charge in [-0.2, -0.15) is 5.10 Å². The maximum absolute atomic E-state index is 11.9. The molecule has 1 aliphatic heterocycles. The summed E-state index contributed by atoms with van der Waals surface area (Å²) in [5, 5.41) is 4.28. The van der Waals surface area contributed by atoms with Crippen LogP contribution in [-0.2, 0) is 11.3 Å². The van der Waals surface area contributed by atoms with E-state index in [4.69, 9.17) is 0 Å². The van der Waals surface area contributed by atoms with E-state index >= 15 is 0 Å². The molecule has 1 atom stereocenters. The Morgan fingerprint density at radius 1 is 1.65 bits per heavy atom. The van der Waals surface area contributed by atoms with Crippen molar-refractivity contribution in [3.63, 3.8) is 0 Å². The van der Waals surface area contributed by atoms with Gasteiger partial charge in [0.15, 0.2) is 0 Å². The normalized spacial score (nSPS) is 20.3. The van der Waals surface area contributed by atoms with Gasteiger partial charge in [-0.1, -0.05) is 19.9 Å². The van der Waals surface area contributed by atoms with E-state index in [0.717, 1.165) is 18.9 Å². The predicted octanol–water partition coefficient (Wildman–Crippen LogP) is 2.08. The van der Waals surface area contributed by atoms with E-state index in [1.807, 2.05) is 21.7 Å². The average molecular weight is 233 g/mol. The van der Waals surface area contributed by atoms with E-state index in [1.165, 1.54) is 0 Å². The second kappa shape index (κ2) is 4.73. The standard InChI is InChI=1S/C13H19N3O/c1-4-11-7-13(17)15(9-11)12-5-6-14-16(12)8-10(2)3/h4-6,10-11H,1,7-9H2,2-3H3. The van der Waals surface area contributed by atoms with Crippen molar-refractivity contribution in [2.24, 2.45) is 11.8 Å². The molecule has 0 saturated carbocycles. The first-order valence-corrected chi connectivity index (χ1v) is 6.06. The fourth-order valence-electron chi connectivity index (χ4n) is 2.16. The van der Waals surface area contributed by atoms with Crippen LogP contribution in [0, 0.1) is 11.8 Å². The van der Waals surface area contributed by atoms with Gasteiger partial charge in [-0.25, -0.2) is 4.68 Å². The first kappa shape index (κ1) is 11.9. The van der Waals surface area contributed by atoms with Gasteiger partial charge in [-0.3, -0.25) is 9.69 Å². The molecule has 1 aliphatic rings. The summed E-state index contributed by atoms with van der Waals surface area (Å²) in [6, 6.07) is 1.91. The summed E-state index contributed by atoms with van der Waals surface area (Å²) in [7, 11) is 0. The molecular weight excluding hydrogens is 214 g/mol. The molecule has 0 aliphatic carbocycles. The molecule has 2 heterocycles. The molecule has 0 N–H and O–H groups in total. The molecule has 1 saturated heterocycles. The largest absolute Gasteiger partial charge is 0.296 e. The number of hydrogen-bond donors (Lipinski definition) is 0. The van der Waals surface area contributed by atoms with Crippen molar-refractivity contribution in [1.29, 1.82) is 0 Å². The van der Waals surface area contributed by atoms with Gasteiger partial charge in [0, 0.05) is 31.5 Å². The van der Waals surface area contributed by atoms with E-state index in [2.05, 4.69) is 25.5 Å². The lowest BCUT2D eigenvalue weighted by atomic mass is 10.1. The molecule has 0 aromatic carbocycles. The Labute approximate surface area is 102 Å². The summed E-state index contributed by atoms with van der Waals surface area (Å²) in [6.45, 7) is 9.61. The number of aromatic nitrogens is 2. The number of hydrogen-bond acceptors (Lipinski definition) is 2. The summed E-state index contributed by atoms with van der Waals surface area (Å²) in [6.07, 6.45) is 4.18. The van der Waals surface area contributed by atoms with Crippen LogP contribution in [0.4, 0.5) is 5.82 Å². The number of anilines is 1. The Bertz CT molecular complexity index is 422. The van der Waals surface area contributed by atoms with Crippen LogP contribution in [0.25, 0.3) is 0 Å². The third-order valence-corrected chi connectivity index (χ3v) is 3.00. The van der Waals surface area contributed by atoms with Crippen molar-refractivity contribution in [1.82, 2.24) is 9.78 Å². The number of amides is 1. The van der Waals surface area contributed by atoms with Gasteiger partial charge >= 0.3 is 0 Å². The highest BCUT2D eigenvalue weighted by atomic mass is 16.2. The van der Waals surface area contributed by atoms with Crippen molar-refractivity contribution in [3.05, 3.63) is 24.9 Å². The maximum atomic E-state index is 11.9. The van der Waals surface area contributed by atoms with Crippen LogP contribution in [-0.4, -0.2) is 22.2 Å². The van der Waals surface area contributed by atoms with Gasteiger partial charge in [-0.05, 0) is 5.92 Å². The second-order valence-corrected chi connectivity index (χ2v) is 4.97. The Morgan fingerprint density at radius 3 is 3.00 bits per heavy atom. The molecular formula is C13H19N3O. The fourth-order valence-corrected chi connectivity index (χ4v) is 2.16. The van der Waals surface area contributed by atoms with Crippen LogP contribution in [0.1, 0.15) is 20.3 Å². The van der Waals surface area contributed by atoms with E-state index in [1.54, 1.807) is 6.20 Å². The summed E-state index contributed by atoms with van der Waals surface area (Å²) < 4.78 is 1.91. The number of carbonyl (C=O) groups excluding carboxylic acids is 1. The van der Waals surface area contributed by atoms with Crippen molar-refractivity contribution in [2.45, 2.75) is 26.8 Å². The zero-order valence-corrected chi connectivity index (χ0v) is 10.5. The summed E-state index contributed by atoms with van der Waals surface area (Å²) in [4.78, 5) is 13.7. The molecule has 92 valence electrons. The maximum Gasteiger partial charge on any atom is 0.228 e. The molecule has 1 fully saturated rings. The fraction of sp³-hybridized carbons (Fsp3) is 0.538. The molecule has 0 bridgehead atoms. The zero-order valence-electron chi connectivity index (χ0n) is 10.5. The highest BCUT2D eigenvalue weighted by molar-refractivity contribution is 5.95. The van der Waals surface area contributed by atoms with Crippen LogP contribution in [0.5, 0.6) is 0 Å². The molecule has 0 spiro atoms. The van der Waals surface area contributed by atoms with Gasteiger partial charge in [0.25, 0.3) is 0 Å². The Hall–Kier alpha value is -1.58. The van der Waals surface area contributed by atoms with Gasteiger partial charge in [0.1, 0.15) is 5.82 Å². The third kappa shape index (κ3) is 2.40. The van der Waals surface area contributed by atoms with Crippen molar-refractivity contribution in [3.8, 4) is 0 Å². The molecule has 1 aromatic rings. The minimum Gasteiger partial charge on any atom is -0.296 e. The van der Waals surface area contributed by atoms with Crippen LogP contribution in [0.15, 0.2) is 24.9 Å². The molecule has 1 amide bonds. The smallest absolute Gasteiger partial charge is 0.228 e.